The van der Waals surface area contributed by atoms with E-state index in [4.69, 9.17) is 0 Å². The molecule has 0 aliphatic carbocycles. The van der Waals surface area contributed by atoms with Crippen LogP contribution in [0, 0.1) is 11.6 Å². The summed E-state index contributed by atoms with van der Waals surface area (Å²) in [6.45, 7) is 4.04. The molecule has 1 N–H and O–H groups in total. The van der Waals surface area contributed by atoms with Gasteiger partial charge in [-0.25, -0.2) is 8.78 Å². The van der Waals surface area contributed by atoms with Crippen molar-refractivity contribution in [2.24, 2.45) is 0 Å². The highest BCUT2D eigenvalue weighted by molar-refractivity contribution is 5.83. The Hall–Kier alpha value is -1.38. The molecule has 0 spiro atoms. The van der Waals surface area contributed by atoms with Crippen molar-refractivity contribution in [1.82, 2.24) is 4.98 Å². The predicted octanol–water partition coefficient (Wildman–Crippen LogP) is 3.96. The van der Waals surface area contributed by atoms with Gasteiger partial charge in [-0.15, -0.1) is 0 Å². The first-order valence-electron chi connectivity index (χ1n) is 5.10. The van der Waals surface area contributed by atoms with Crippen LogP contribution in [-0.4, -0.2) is 4.98 Å². The second kappa shape index (κ2) is 3.65. The number of halogens is 2. The normalized spacial score (nSPS) is 13.3. The zero-order valence-electron chi connectivity index (χ0n) is 8.77. The summed E-state index contributed by atoms with van der Waals surface area (Å²) in [6.07, 6.45) is 2.54. The molecule has 3 heteroatoms. The van der Waals surface area contributed by atoms with E-state index in [0.29, 0.717) is 10.9 Å². The summed E-state index contributed by atoms with van der Waals surface area (Å²) in [7, 11) is 0. The number of hydrogen-bond donors (Lipinski definition) is 1. The minimum Gasteiger partial charge on any atom is -0.361 e. The fourth-order valence-electron chi connectivity index (χ4n) is 1.80. The molecule has 2 rings (SSSR count). The van der Waals surface area contributed by atoms with E-state index < -0.39 is 11.6 Å². The summed E-state index contributed by atoms with van der Waals surface area (Å²) < 4.78 is 26.7. The van der Waals surface area contributed by atoms with Gasteiger partial charge in [0.1, 0.15) is 0 Å². The van der Waals surface area contributed by atoms with Gasteiger partial charge < -0.3 is 4.98 Å². The summed E-state index contributed by atoms with van der Waals surface area (Å²) >= 11 is 0. The molecule has 1 unspecified atom stereocenters. The molecular formula is C12H13F2N. The van der Waals surface area contributed by atoms with Crippen molar-refractivity contribution >= 4 is 10.9 Å². The maximum atomic E-state index is 13.4. The molecule has 0 fully saturated rings. The first-order chi connectivity index (χ1) is 7.15. The molecular weight excluding hydrogens is 196 g/mol. The Labute approximate surface area is 87.1 Å². The smallest absolute Gasteiger partial charge is 0.168 e. The summed E-state index contributed by atoms with van der Waals surface area (Å²) in [4.78, 5) is 2.96. The number of nitrogens with one attached hydrogen (secondary N) is 1. The largest absolute Gasteiger partial charge is 0.361 e. The van der Waals surface area contributed by atoms with Gasteiger partial charge in [-0.1, -0.05) is 13.8 Å². The Morgan fingerprint density at radius 2 is 2.13 bits per heavy atom. The number of aromatic amines is 1. The topological polar surface area (TPSA) is 15.8 Å². The molecule has 0 saturated carbocycles. The van der Waals surface area contributed by atoms with Gasteiger partial charge in [-0.2, -0.15) is 0 Å². The Bertz CT molecular complexity index is 488. The average molecular weight is 209 g/mol. The third-order valence-electron chi connectivity index (χ3n) is 2.91. The fourth-order valence-corrected chi connectivity index (χ4v) is 1.80. The van der Waals surface area contributed by atoms with E-state index in [1.54, 1.807) is 12.3 Å². The van der Waals surface area contributed by atoms with Gasteiger partial charge >= 0.3 is 0 Å². The summed E-state index contributed by atoms with van der Waals surface area (Å²) in [5.41, 5.74) is 1.56. The van der Waals surface area contributed by atoms with Crippen molar-refractivity contribution in [2.75, 3.05) is 0 Å². The molecule has 1 aromatic heterocycles. The predicted molar refractivity (Wildman–Crippen MR) is 56.9 cm³/mol. The molecule has 15 heavy (non-hydrogen) atoms. The first kappa shape index (κ1) is 10.1. The van der Waals surface area contributed by atoms with Crippen LogP contribution in [0.15, 0.2) is 18.3 Å². The molecule has 1 nitrogen and oxygen atoms in total. The lowest BCUT2D eigenvalue weighted by atomic mass is 9.96. The van der Waals surface area contributed by atoms with E-state index in [9.17, 15) is 8.78 Å². The molecule has 1 atom stereocenters. The number of benzene rings is 1. The van der Waals surface area contributed by atoms with Crippen LogP contribution in [0.5, 0.6) is 0 Å². The standard InChI is InChI=1S/C12H13F2N/c1-3-7(2)9-6-10(13)11(14)8-4-5-15-12(8)9/h4-7,15H,3H2,1-2H3. The van der Waals surface area contributed by atoms with Crippen LogP contribution in [0.25, 0.3) is 10.9 Å². The highest BCUT2D eigenvalue weighted by atomic mass is 19.2. The van der Waals surface area contributed by atoms with E-state index in [1.807, 2.05) is 13.8 Å². The van der Waals surface area contributed by atoms with Gasteiger partial charge in [0.05, 0.1) is 5.52 Å². The number of hydrogen-bond acceptors (Lipinski definition) is 0. The second-order valence-corrected chi connectivity index (χ2v) is 3.84. The van der Waals surface area contributed by atoms with Crippen molar-refractivity contribution in [3.63, 3.8) is 0 Å². The van der Waals surface area contributed by atoms with Crippen LogP contribution < -0.4 is 0 Å². The van der Waals surface area contributed by atoms with E-state index in [2.05, 4.69) is 4.98 Å². The molecule has 1 heterocycles. The van der Waals surface area contributed by atoms with Crippen molar-refractivity contribution in [2.45, 2.75) is 26.2 Å². The fraction of sp³-hybridized carbons (Fsp3) is 0.333. The molecule has 2 aromatic rings. The first-order valence-corrected chi connectivity index (χ1v) is 5.10. The molecule has 80 valence electrons. The lowest BCUT2D eigenvalue weighted by Gasteiger charge is -2.11. The highest BCUT2D eigenvalue weighted by Crippen LogP contribution is 2.29. The maximum Gasteiger partial charge on any atom is 0.168 e. The lowest BCUT2D eigenvalue weighted by molar-refractivity contribution is 0.514. The third kappa shape index (κ3) is 1.52. The van der Waals surface area contributed by atoms with Crippen LogP contribution in [-0.2, 0) is 0 Å². The molecule has 1 aromatic carbocycles. The van der Waals surface area contributed by atoms with E-state index in [-0.39, 0.29) is 5.92 Å². The minimum absolute atomic E-state index is 0.223. The molecule has 0 amide bonds. The SMILES string of the molecule is CCC(C)c1cc(F)c(F)c2cc[nH]c12. The van der Waals surface area contributed by atoms with Gasteiger partial charge in [0.25, 0.3) is 0 Å². The van der Waals surface area contributed by atoms with Crippen LogP contribution in [0.2, 0.25) is 0 Å². The van der Waals surface area contributed by atoms with Gasteiger partial charge in [-0.3, -0.25) is 0 Å². The van der Waals surface area contributed by atoms with E-state index >= 15 is 0 Å². The van der Waals surface area contributed by atoms with Crippen molar-refractivity contribution < 1.29 is 8.78 Å². The Kier molecular flexibility index (Phi) is 2.47. The van der Waals surface area contributed by atoms with Gasteiger partial charge in [-0.05, 0) is 30.0 Å². The quantitative estimate of drug-likeness (QED) is 0.770. The second-order valence-electron chi connectivity index (χ2n) is 3.84. The average Bonchev–Trinajstić information content (AvgIpc) is 2.71. The Morgan fingerprint density at radius 1 is 1.40 bits per heavy atom. The van der Waals surface area contributed by atoms with Crippen LogP contribution >= 0.6 is 0 Å². The van der Waals surface area contributed by atoms with Crippen molar-refractivity contribution in [3.05, 3.63) is 35.5 Å². The molecule has 0 bridgehead atoms. The minimum atomic E-state index is -0.766. The van der Waals surface area contributed by atoms with Crippen molar-refractivity contribution in [3.8, 4) is 0 Å². The molecule has 0 aliphatic rings. The maximum absolute atomic E-state index is 13.4. The van der Waals surface area contributed by atoms with Crippen LogP contribution in [0.3, 0.4) is 0 Å². The van der Waals surface area contributed by atoms with E-state index in [0.717, 1.165) is 12.0 Å². The molecule has 0 saturated heterocycles. The monoisotopic (exact) mass is 209 g/mol. The Balaban J connectivity index is 2.74. The zero-order chi connectivity index (χ0) is 11.0. The number of fused-ring (bicyclic) bond motifs is 1. The van der Waals surface area contributed by atoms with Crippen LogP contribution in [0.4, 0.5) is 8.78 Å². The Morgan fingerprint density at radius 3 is 2.80 bits per heavy atom. The lowest BCUT2D eigenvalue weighted by Crippen LogP contribution is -1.97. The zero-order valence-corrected chi connectivity index (χ0v) is 8.77. The summed E-state index contributed by atoms with van der Waals surface area (Å²) in [6, 6.07) is 2.86. The van der Waals surface area contributed by atoms with E-state index in [1.165, 1.54) is 6.07 Å². The van der Waals surface area contributed by atoms with Gasteiger partial charge in [0, 0.05) is 11.6 Å². The number of aromatic nitrogens is 1. The summed E-state index contributed by atoms with van der Waals surface area (Å²) in [5.74, 6) is -1.31. The molecule has 0 aliphatic heterocycles. The summed E-state index contributed by atoms with van der Waals surface area (Å²) in [5, 5.41) is 0.338. The van der Waals surface area contributed by atoms with Crippen molar-refractivity contribution in [1.29, 1.82) is 0 Å². The number of rotatable bonds is 2. The third-order valence-corrected chi connectivity index (χ3v) is 2.91. The highest BCUT2D eigenvalue weighted by Gasteiger charge is 2.15. The van der Waals surface area contributed by atoms with Crippen LogP contribution in [0.1, 0.15) is 31.7 Å². The number of H-pyrrole nitrogens is 1. The molecule has 0 radical (unpaired) electrons. The van der Waals surface area contributed by atoms with Gasteiger partial charge in [0.15, 0.2) is 11.6 Å². The van der Waals surface area contributed by atoms with Gasteiger partial charge in [0.2, 0.25) is 0 Å².